The minimum absolute atomic E-state index is 0.309. The zero-order valence-electron chi connectivity index (χ0n) is 19.4. The van der Waals surface area contributed by atoms with E-state index in [0.717, 1.165) is 41.2 Å². The molecule has 1 aromatic carbocycles. The van der Waals surface area contributed by atoms with Gasteiger partial charge in [-0.1, -0.05) is 31.5 Å². The molecule has 0 spiro atoms. The molecule has 0 unspecified atom stereocenters. The number of ether oxygens (including phenoxy) is 2. The van der Waals surface area contributed by atoms with Gasteiger partial charge >= 0.3 is 11.9 Å². The summed E-state index contributed by atoms with van der Waals surface area (Å²) in [5, 5.41) is 2.00. The molecule has 3 aromatic rings. The summed E-state index contributed by atoms with van der Waals surface area (Å²) in [5.41, 5.74) is 3.00. The first kappa shape index (κ1) is 24.5. The van der Waals surface area contributed by atoms with Crippen molar-refractivity contribution in [3.8, 4) is 0 Å². The number of unbranched alkanes of at least 4 members (excludes halogenated alkanes) is 1. The lowest BCUT2D eigenvalue weighted by Gasteiger charge is -2.12. The second kappa shape index (κ2) is 12.2. The molecule has 0 saturated heterocycles. The molecule has 0 radical (unpaired) electrons. The van der Waals surface area contributed by atoms with Crippen molar-refractivity contribution in [1.29, 1.82) is 0 Å². The number of aryl methyl sites for hydroxylation is 1. The van der Waals surface area contributed by atoms with Gasteiger partial charge in [-0.3, -0.25) is 0 Å². The van der Waals surface area contributed by atoms with E-state index in [1.165, 1.54) is 7.11 Å². The van der Waals surface area contributed by atoms with Crippen molar-refractivity contribution in [1.82, 2.24) is 9.55 Å². The Bertz CT molecular complexity index is 1080. The van der Waals surface area contributed by atoms with Crippen molar-refractivity contribution in [2.75, 3.05) is 13.7 Å². The van der Waals surface area contributed by atoms with E-state index in [2.05, 4.69) is 16.5 Å². The van der Waals surface area contributed by atoms with E-state index >= 15 is 0 Å². The number of hydrogen-bond donors (Lipinski definition) is 0. The highest BCUT2D eigenvalue weighted by atomic mass is 32.1. The third-order valence-electron chi connectivity index (χ3n) is 5.24. The molecular formula is C26H30N2O4S. The molecule has 0 N–H and O–H groups in total. The third-order valence-corrected chi connectivity index (χ3v) is 6.12. The van der Waals surface area contributed by atoms with Crippen molar-refractivity contribution in [3.05, 3.63) is 81.1 Å². The molecule has 7 heteroatoms. The number of methoxy groups -OCH3 is 1. The average Bonchev–Trinajstić information content (AvgIpc) is 3.47. The fourth-order valence-electron chi connectivity index (χ4n) is 3.49. The van der Waals surface area contributed by atoms with Gasteiger partial charge < -0.3 is 14.0 Å². The van der Waals surface area contributed by atoms with Crippen LogP contribution in [0.4, 0.5) is 0 Å². The fourth-order valence-corrected chi connectivity index (χ4v) is 4.22. The summed E-state index contributed by atoms with van der Waals surface area (Å²) in [4.78, 5) is 30.2. The van der Waals surface area contributed by atoms with Crippen LogP contribution < -0.4 is 0 Å². The lowest BCUT2D eigenvalue weighted by atomic mass is 10.1. The number of hydrogen-bond acceptors (Lipinski definition) is 6. The van der Waals surface area contributed by atoms with Crippen LogP contribution in [0.3, 0.4) is 0 Å². The predicted molar refractivity (Wildman–Crippen MR) is 130 cm³/mol. The molecule has 0 aliphatic heterocycles. The number of rotatable bonds is 11. The lowest BCUT2D eigenvalue weighted by molar-refractivity contribution is -0.138. The van der Waals surface area contributed by atoms with E-state index in [0.29, 0.717) is 30.7 Å². The molecular weight excluding hydrogens is 436 g/mol. The molecule has 0 saturated carbocycles. The monoisotopic (exact) mass is 466 g/mol. The fraction of sp³-hybridized carbons (Fsp3) is 0.346. The first-order valence-corrected chi connectivity index (χ1v) is 12.0. The van der Waals surface area contributed by atoms with Crippen LogP contribution in [-0.4, -0.2) is 35.2 Å². The zero-order chi connectivity index (χ0) is 23.6. The van der Waals surface area contributed by atoms with Crippen LogP contribution in [0.1, 0.15) is 59.0 Å². The van der Waals surface area contributed by atoms with Crippen LogP contribution in [0, 0.1) is 0 Å². The van der Waals surface area contributed by atoms with Gasteiger partial charge in [-0.05, 0) is 48.6 Å². The van der Waals surface area contributed by atoms with E-state index in [-0.39, 0.29) is 11.9 Å². The van der Waals surface area contributed by atoms with E-state index in [1.807, 2.05) is 48.8 Å². The van der Waals surface area contributed by atoms with Crippen molar-refractivity contribution < 1.29 is 19.1 Å². The predicted octanol–water partition coefficient (Wildman–Crippen LogP) is 5.31. The van der Waals surface area contributed by atoms with Crippen molar-refractivity contribution in [2.24, 2.45) is 0 Å². The summed E-state index contributed by atoms with van der Waals surface area (Å²) in [5.74, 6) is 0.305. The van der Waals surface area contributed by atoms with Crippen molar-refractivity contribution in [2.45, 2.75) is 46.1 Å². The molecule has 0 bridgehead atoms. The second-order valence-corrected chi connectivity index (χ2v) is 8.66. The molecule has 0 amide bonds. The standard InChI is InChI=1S/C26H30N2O4S/c1-4-6-9-24-27-17-22(15-21(26(30)32-5-2)16-23-8-7-14-33-23)28(24)18-19-10-12-20(13-11-19)25(29)31-3/h7-8,10-15,17H,4-6,9,16,18H2,1-3H3/b21-15+. The Labute approximate surface area is 198 Å². The molecule has 6 nitrogen and oxygen atoms in total. The van der Waals surface area contributed by atoms with Gasteiger partial charge in [0.15, 0.2) is 0 Å². The maximum atomic E-state index is 12.7. The molecule has 0 fully saturated rings. The van der Waals surface area contributed by atoms with Gasteiger partial charge in [0.05, 0.1) is 31.2 Å². The van der Waals surface area contributed by atoms with Gasteiger partial charge in [-0.25, -0.2) is 14.6 Å². The zero-order valence-corrected chi connectivity index (χ0v) is 20.2. The Kier molecular flexibility index (Phi) is 9.01. The van der Waals surface area contributed by atoms with E-state index in [1.54, 1.807) is 23.5 Å². The highest BCUT2D eigenvalue weighted by Crippen LogP contribution is 2.21. The number of carbonyl (C=O) groups excluding carboxylic acids is 2. The summed E-state index contributed by atoms with van der Waals surface area (Å²) in [7, 11) is 1.37. The highest BCUT2D eigenvalue weighted by molar-refractivity contribution is 7.09. The van der Waals surface area contributed by atoms with Gasteiger partial charge in [-0.15, -0.1) is 11.3 Å². The summed E-state index contributed by atoms with van der Waals surface area (Å²) < 4.78 is 12.2. The highest BCUT2D eigenvalue weighted by Gasteiger charge is 2.16. The minimum atomic E-state index is -0.357. The quantitative estimate of drug-likeness (QED) is 0.283. The van der Waals surface area contributed by atoms with E-state index in [9.17, 15) is 9.59 Å². The number of benzene rings is 1. The second-order valence-electron chi connectivity index (χ2n) is 7.62. The van der Waals surface area contributed by atoms with Gasteiger partial charge in [0.1, 0.15) is 5.82 Å². The van der Waals surface area contributed by atoms with Gasteiger partial charge in [-0.2, -0.15) is 0 Å². The van der Waals surface area contributed by atoms with Crippen molar-refractivity contribution >= 4 is 29.4 Å². The average molecular weight is 467 g/mol. The van der Waals surface area contributed by atoms with Crippen LogP contribution in [0.2, 0.25) is 0 Å². The Balaban J connectivity index is 1.95. The number of nitrogens with zero attached hydrogens (tertiary/aromatic N) is 2. The molecule has 0 aliphatic carbocycles. The van der Waals surface area contributed by atoms with Crippen LogP contribution in [0.15, 0.2) is 53.5 Å². The van der Waals surface area contributed by atoms with Crippen LogP contribution >= 0.6 is 11.3 Å². The summed E-state index contributed by atoms with van der Waals surface area (Å²) in [6, 6.07) is 11.4. The van der Waals surface area contributed by atoms with Gasteiger partial charge in [0.25, 0.3) is 0 Å². The molecule has 0 aliphatic rings. The Hall–Kier alpha value is -3.19. The number of thiophene rings is 1. The van der Waals surface area contributed by atoms with Crippen LogP contribution in [0.5, 0.6) is 0 Å². The third kappa shape index (κ3) is 6.65. The Morgan fingerprint density at radius 2 is 1.94 bits per heavy atom. The number of carbonyl (C=O) groups is 2. The molecule has 33 heavy (non-hydrogen) atoms. The minimum Gasteiger partial charge on any atom is -0.465 e. The smallest absolute Gasteiger partial charge is 0.337 e. The molecule has 2 heterocycles. The van der Waals surface area contributed by atoms with Gasteiger partial charge in [0.2, 0.25) is 0 Å². The van der Waals surface area contributed by atoms with Crippen LogP contribution in [0.25, 0.3) is 6.08 Å². The first-order chi connectivity index (χ1) is 16.0. The lowest BCUT2D eigenvalue weighted by Crippen LogP contribution is -2.11. The largest absolute Gasteiger partial charge is 0.465 e. The molecule has 3 rings (SSSR count). The Morgan fingerprint density at radius 1 is 1.15 bits per heavy atom. The first-order valence-electron chi connectivity index (χ1n) is 11.2. The summed E-state index contributed by atoms with van der Waals surface area (Å²) in [6.45, 7) is 4.88. The maximum absolute atomic E-state index is 12.7. The van der Waals surface area contributed by atoms with Gasteiger partial charge in [0, 0.05) is 29.8 Å². The summed E-state index contributed by atoms with van der Waals surface area (Å²) >= 11 is 1.62. The normalized spacial score (nSPS) is 11.4. The number of esters is 2. The van der Waals surface area contributed by atoms with E-state index < -0.39 is 0 Å². The summed E-state index contributed by atoms with van der Waals surface area (Å²) in [6.07, 6.45) is 7.17. The molecule has 2 aromatic heterocycles. The number of imidazole rings is 1. The van der Waals surface area contributed by atoms with Crippen molar-refractivity contribution in [3.63, 3.8) is 0 Å². The molecule has 174 valence electrons. The Morgan fingerprint density at radius 3 is 2.58 bits per heavy atom. The maximum Gasteiger partial charge on any atom is 0.337 e. The number of aromatic nitrogens is 2. The van der Waals surface area contributed by atoms with E-state index in [4.69, 9.17) is 9.47 Å². The van der Waals surface area contributed by atoms with Crippen LogP contribution in [-0.2, 0) is 33.7 Å². The SMILES string of the molecule is CCCCc1ncc(/C=C(\Cc2cccs2)C(=O)OCC)n1Cc1ccc(C(=O)OC)cc1. The molecule has 0 atom stereocenters. The topological polar surface area (TPSA) is 70.4 Å².